The highest BCUT2D eigenvalue weighted by Crippen LogP contribution is 2.32. The molecule has 1 unspecified atom stereocenters. The van der Waals surface area contributed by atoms with E-state index in [9.17, 15) is 0 Å². The second-order valence-electron chi connectivity index (χ2n) is 4.64. The molecule has 0 aliphatic carbocycles. The van der Waals surface area contributed by atoms with Crippen molar-refractivity contribution in [2.75, 3.05) is 13.7 Å². The summed E-state index contributed by atoms with van der Waals surface area (Å²) in [5, 5.41) is 3.58. The Morgan fingerprint density at radius 1 is 1.38 bits per heavy atom. The first-order chi connectivity index (χ1) is 10.2. The highest BCUT2D eigenvalue weighted by atomic mass is 127. The first kappa shape index (κ1) is 16.7. The maximum Gasteiger partial charge on any atom is 0.142 e. The lowest BCUT2D eigenvalue weighted by molar-refractivity contribution is 0.399. The van der Waals surface area contributed by atoms with Gasteiger partial charge in [0.25, 0.3) is 0 Å². The van der Waals surface area contributed by atoms with Gasteiger partial charge in [-0.15, -0.1) is 0 Å². The van der Waals surface area contributed by atoms with Gasteiger partial charge in [0.05, 0.1) is 13.2 Å². The Balaban J connectivity index is 2.49. The van der Waals surface area contributed by atoms with Gasteiger partial charge in [0.15, 0.2) is 0 Å². The number of rotatable bonds is 6. The number of ether oxygens (including phenoxy) is 1. The van der Waals surface area contributed by atoms with Crippen molar-refractivity contribution in [1.82, 2.24) is 10.3 Å². The van der Waals surface area contributed by atoms with Crippen LogP contribution in [-0.2, 0) is 0 Å². The lowest BCUT2D eigenvalue weighted by Crippen LogP contribution is -2.25. The standard InChI is InChI=1S/C16H18BrIN2O/c1-3-8-19-15(12-10-11(17)6-7-13(12)18)16-14(21-2)5-4-9-20-16/h4-7,9-10,15,19H,3,8H2,1-2H3. The summed E-state index contributed by atoms with van der Waals surface area (Å²) in [6.45, 7) is 3.08. The van der Waals surface area contributed by atoms with Gasteiger partial charge in [0.2, 0.25) is 0 Å². The molecule has 0 saturated heterocycles. The second kappa shape index (κ2) is 8.10. The summed E-state index contributed by atoms with van der Waals surface area (Å²) in [5.74, 6) is 0.807. The van der Waals surface area contributed by atoms with Gasteiger partial charge in [-0.25, -0.2) is 0 Å². The van der Waals surface area contributed by atoms with Crippen LogP contribution >= 0.6 is 38.5 Å². The van der Waals surface area contributed by atoms with Crippen molar-refractivity contribution in [2.45, 2.75) is 19.4 Å². The normalized spacial score (nSPS) is 12.2. The number of benzene rings is 1. The van der Waals surface area contributed by atoms with E-state index in [0.29, 0.717) is 0 Å². The van der Waals surface area contributed by atoms with Gasteiger partial charge < -0.3 is 10.1 Å². The summed E-state index contributed by atoms with van der Waals surface area (Å²) < 4.78 is 7.75. The van der Waals surface area contributed by atoms with Crippen molar-refractivity contribution in [3.63, 3.8) is 0 Å². The van der Waals surface area contributed by atoms with Gasteiger partial charge in [-0.2, -0.15) is 0 Å². The maximum atomic E-state index is 5.48. The monoisotopic (exact) mass is 460 g/mol. The van der Waals surface area contributed by atoms with Gasteiger partial charge in [-0.3, -0.25) is 4.98 Å². The van der Waals surface area contributed by atoms with Crippen LogP contribution in [0.15, 0.2) is 41.0 Å². The Hall–Kier alpha value is -0.660. The van der Waals surface area contributed by atoms with E-state index in [1.165, 1.54) is 9.13 Å². The predicted octanol–water partition coefficient (Wildman–Crippen LogP) is 4.55. The Morgan fingerprint density at radius 3 is 2.90 bits per heavy atom. The van der Waals surface area contributed by atoms with E-state index >= 15 is 0 Å². The lowest BCUT2D eigenvalue weighted by Gasteiger charge is -2.22. The summed E-state index contributed by atoms with van der Waals surface area (Å²) in [4.78, 5) is 4.54. The molecule has 0 radical (unpaired) electrons. The zero-order valence-corrected chi connectivity index (χ0v) is 15.8. The largest absolute Gasteiger partial charge is 0.495 e. The summed E-state index contributed by atoms with van der Waals surface area (Å²) in [6.07, 6.45) is 2.87. The Morgan fingerprint density at radius 2 is 2.19 bits per heavy atom. The van der Waals surface area contributed by atoms with E-state index in [-0.39, 0.29) is 6.04 Å². The zero-order valence-electron chi connectivity index (χ0n) is 12.1. The number of methoxy groups -OCH3 is 1. The fourth-order valence-corrected chi connectivity index (χ4v) is 3.20. The molecule has 2 rings (SSSR count). The molecule has 0 saturated carbocycles. The van der Waals surface area contributed by atoms with Crippen molar-refractivity contribution in [3.8, 4) is 5.75 Å². The minimum Gasteiger partial charge on any atom is -0.495 e. The molecular formula is C16H18BrIN2O. The Bertz CT molecular complexity index is 607. The minimum atomic E-state index is 0.0190. The second-order valence-corrected chi connectivity index (χ2v) is 6.72. The summed E-state index contributed by atoms with van der Waals surface area (Å²) >= 11 is 5.92. The van der Waals surface area contributed by atoms with E-state index in [4.69, 9.17) is 4.74 Å². The summed E-state index contributed by atoms with van der Waals surface area (Å²) in [6, 6.07) is 10.2. The zero-order chi connectivity index (χ0) is 15.2. The number of hydrogen-bond acceptors (Lipinski definition) is 3. The molecule has 0 aliphatic rings. The Kier molecular flexibility index (Phi) is 6.44. The molecule has 1 heterocycles. The van der Waals surface area contributed by atoms with Crippen LogP contribution in [0.5, 0.6) is 5.75 Å². The quantitative estimate of drug-likeness (QED) is 0.642. The first-order valence-corrected chi connectivity index (χ1v) is 8.71. The highest BCUT2D eigenvalue weighted by Gasteiger charge is 2.21. The fourth-order valence-electron chi connectivity index (χ4n) is 2.17. The molecule has 0 bridgehead atoms. The molecule has 1 atom stereocenters. The molecule has 5 heteroatoms. The number of pyridine rings is 1. The number of aromatic nitrogens is 1. The SMILES string of the molecule is CCCNC(c1cc(Br)ccc1I)c1ncccc1OC. The molecule has 112 valence electrons. The lowest BCUT2D eigenvalue weighted by atomic mass is 10.0. The average molecular weight is 461 g/mol. The third-order valence-corrected chi connectivity index (χ3v) is 4.64. The van der Waals surface area contributed by atoms with E-state index in [2.05, 4.69) is 73.9 Å². The number of halogens is 2. The van der Waals surface area contributed by atoms with E-state index in [1.54, 1.807) is 7.11 Å². The van der Waals surface area contributed by atoms with E-state index in [1.807, 2.05) is 18.3 Å². The number of hydrogen-bond donors (Lipinski definition) is 1. The molecule has 1 aromatic heterocycles. The molecule has 1 N–H and O–H groups in total. The maximum absolute atomic E-state index is 5.48. The average Bonchev–Trinajstić information content (AvgIpc) is 2.51. The van der Waals surface area contributed by atoms with Crippen molar-refractivity contribution < 1.29 is 4.74 Å². The Labute approximate surface area is 147 Å². The van der Waals surface area contributed by atoms with Crippen LogP contribution in [0.3, 0.4) is 0 Å². The molecule has 2 aromatic rings. The van der Waals surface area contributed by atoms with E-state index < -0.39 is 0 Å². The van der Waals surface area contributed by atoms with Crippen molar-refractivity contribution >= 4 is 38.5 Å². The molecule has 21 heavy (non-hydrogen) atoms. The van der Waals surface area contributed by atoms with Gasteiger partial charge in [0.1, 0.15) is 11.4 Å². The third-order valence-electron chi connectivity index (χ3n) is 3.16. The van der Waals surface area contributed by atoms with Gasteiger partial charge in [-0.1, -0.05) is 22.9 Å². The smallest absolute Gasteiger partial charge is 0.142 e. The van der Waals surface area contributed by atoms with Crippen LogP contribution in [0, 0.1) is 3.57 Å². The van der Waals surface area contributed by atoms with Crippen molar-refractivity contribution in [3.05, 3.63) is 55.8 Å². The minimum absolute atomic E-state index is 0.0190. The molecular weight excluding hydrogens is 443 g/mol. The molecule has 0 amide bonds. The highest BCUT2D eigenvalue weighted by molar-refractivity contribution is 14.1. The molecule has 0 spiro atoms. The van der Waals surface area contributed by atoms with Crippen molar-refractivity contribution in [2.24, 2.45) is 0 Å². The van der Waals surface area contributed by atoms with Gasteiger partial charge >= 0.3 is 0 Å². The van der Waals surface area contributed by atoms with Crippen LogP contribution in [0.25, 0.3) is 0 Å². The van der Waals surface area contributed by atoms with Crippen LogP contribution in [0.4, 0.5) is 0 Å². The van der Waals surface area contributed by atoms with Crippen molar-refractivity contribution in [1.29, 1.82) is 0 Å². The van der Waals surface area contributed by atoms with Crippen LogP contribution in [-0.4, -0.2) is 18.6 Å². The van der Waals surface area contributed by atoms with E-state index in [0.717, 1.165) is 28.9 Å². The molecule has 0 fully saturated rings. The van der Waals surface area contributed by atoms with Crippen LogP contribution in [0.2, 0.25) is 0 Å². The van der Waals surface area contributed by atoms with Gasteiger partial charge in [0, 0.05) is 14.2 Å². The fraction of sp³-hybridized carbons (Fsp3) is 0.312. The van der Waals surface area contributed by atoms with Crippen LogP contribution in [0.1, 0.15) is 30.6 Å². The molecule has 3 nitrogen and oxygen atoms in total. The summed E-state index contributed by atoms with van der Waals surface area (Å²) in [7, 11) is 1.68. The first-order valence-electron chi connectivity index (χ1n) is 6.84. The van der Waals surface area contributed by atoms with Crippen LogP contribution < -0.4 is 10.1 Å². The number of nitrogens with zero attached hydrogens (tertiary/aromatic N) is 1. The molecule has 1 aromatic carbocycles. The third kappa shape index (κ3) is 4.17. The predicted molar refractivity (Wildman–Crippen MR) is 97.8 cm³/mol. The topological polar surface area (TPSA) is 34.2 Å². The van der Waals surface area contributed by atoms with Gasteiger partial charge in [-0.05, 0) is 71.5 Å². The summed E-state index contributed by atoms with van der Waals surface area (Å²) in [5.41, 5.74) is 2.12. The molecule has 0 aliphatic heterocycles. The number of nitrogens with one attached hydrogen (secondary N) is 1.